The van der Waals surface area contributed by atoms with Crippen LogP contribution in [0, 0.1) is 0 Å². The molecule has 0 aliphatic carbocycles. The maximum absolute atomic E-state index is 12.2. The summed E-state index contributed by atoms with van der Waals surface area (Å²) in [4.78, 5) is 18.2. The minimum absolute atomic E-state index is 0.0250. The lowest BCUT2D eigenvalue weighted by atomic mass is 10.0. The minimum atomic E-state index is -0.144. The van der Waals surface area contributed by atoms with Crippen LogP contribution in [0.15, 0.2) is 4.52 Å². The first-order chi connectivity index (χ1) is 9.76. The van der Waals surface area contributed by atoms with Crippen molar-refractivity contribution in [3.63, 3.8) is 0 Å². The fraction of sp³-hybridized carbons (Fsp3) is 0.769. The molecular formula is C13H21N3O4. The van der Waals surface area contributed by atoms with Gasteiger partial charge in [0.25, 0.3) is 0 Å². The number of ether oxygens (including phenoxy) is 2. The van der Waals surface area contributed by atoms with Crippen LogP contribution in [-0.4, -0.2) is 47.8 Å². The summed E-state index contributed by atoms with van der Waals surface area (Å²) in [5, 5.41) is 3.86. The van der Waals surface area contributed by atoms with E-state index in [2.05, 4.69) is 10.1 Å². The van der Waals surface area contributed by atoms with Gasteiger partial charge in [0, 0.05) is 20.3 Å². The van der Waals surface area contributed by atoms with E-state index in [0.717, 1.165) is 19.3 Å². The predicted octanol–water partition coefficient (Wildman–Crippen LogP) is 1.31. The van der Waals surface area contributed by atoms with Gasteiger partial charge in [-0.15, -0.1) is 0 Å². The number of carbonyl (C=O) groups excluding carboxylic acids is 1. The van der Waals surface area contributed by atoms with Crippen LogP contribution in [0.4, 0.5) is 0 Å². The summed E-state index contributed by atoms with van der Waals surface area (Å²) in [6.45, 7) is 3.52. The highest BCUT2D eigenvalue weighted by atomic mass is 16.5. The molecule has 0 N–H and O–H groups in total. The monoisotopic (exact) mass is 283 g/mol. The Bertz CT molecular complexity index is 435. The van der Waals surface area contributed by atoms with Crippen LogP contribution in [0.2, 0.25) is 0 Å². The van der Waals surface area contributed by atoms with Crippen molar-refractivity contribution in [3.05, 3.63) is 11.7 Å². The topological polar surface area (TPSA) is 77.7 Å². The van der Waals surface area contributed by atoms with Crippen LogP contribution >= 0.6 is 0 Å². The highest BCUT2D eigenvalue weighted by Crippen LogP contribution is 2.29. The molecule has 112 valence electrons. The van der Waals surface area contributed by atoms with E-state index in [1.165, 1.54) is 0 Å². The zero-order chi connectivity index (χ0) is 14.4. The van der Waals surface area contributed by atoms with E-state index in [4.69, 9.17) is 14.0 Å². The van der Waals surface area contributed by atoms with Gasteiger partial charge in [-0.3, -0.25) is 4.79 Å². The lowest BCUT2D eigenvalue weighted by molar-refractivity contribution is -0.140. The molecule has 1 saturated heterocycles. The Balaban J connectivity index is 2.07. The van der Waals surface area contributed by atoms with Crippen molar-refractivity contribution >= 4 is 5.91 Å². The van der Waals surface area contributed by atoms with Gasteiger partial charge >= 0.3 is 0 Å². The molecule has 0 aromatic carbocycles. The zero-order valence-electron chi connectivity index (χ0n) is 12.0. The Kier molecular flexibility index (Phi) is 5.49. The molecule has 1 aromatic heterocycles. The molecule has 0 saturated carbocycles. The third-order valence-electron chi connectivity index (χ3n) is 3.30. The number of likely N-dealkylation sites (tertiary alicyclic amines) is 1. The number of aromatic nitrogens is 2. The van der Waals surface area contributed by atoms with Crippen molar-refractivity contribution in [3.8, 4) is 0 Å². The third kappa shape index (κ3) is 3.55. The lowest BCUT2D eigenvalue weighted by Crippen LogP contribution is -2.40. The lowest BCUT2D eigenvalue weighted by Gasteiger charge is -2.33. The van der Waals surface area contributed by atoms with Gasteiger partial charge in [-0.1, -0.05) is 5.16 Å². The number of hydrogen-bond acceptors (Lipinski definition) is 6. The number of carbonyl (C=O) groups is 1. The molecule has 0 radical (unpaired) electrons. The molecule has 1 atom stereocenters. The van der Waals surface area contributed by atoms with Gasteiger partial charge in [-0.25, -0.2) is 0 Å². The second-order valence-corrected chi connectivity index (χ2v) is 4.72. The zero-order valence-corrected chi connectivity index (χ0v) is 12.0. The number of piperidine rings is 1. The Morgan fingerprint density at radius 1 is 1.50 bits per heavy atom. The standard InChI is InChI=1S/C13H21N3O4/c1-3-19-9-12(17)16-7-5-4-6-10(16)13-14-11(8-18-2)15-20-13/h10H,3-9H2,1-2H3/t10-/m0/s1. The Hall–Kier alpha value is -1.47. The quantitative estimate of drug-likeness (QED) is 0.783. The summed E-state index contributed by atoms with van der Waals surface area (Å²) in [5.74, 6) is 0.968. The average molecular weight is 283 g/mol. The Morgan fingerprint density at radius 2 is 2.35 bits per heavy atom. The van der Waals surface area contributed by atoms with E-state index >= 15 is 0 Å². The SMILES string of the molecule is CCOCC(=O)N1CCCC[C@H]1c1nc(COC)no1. The number of rotatable bonds is 6. The number of methoxy groups -OCH3 is 1. The normalized spacial score (nSPS) is 19.3. The first kappa shape index (κ1) is 14.9. The van der Waals surface area contributed by atoms with Crippen LogP contribution in [0.5, 0.6) is 0 Å². The summed E-state index contributed by atoms with van der Waals surface area (Å²) in [6, 6.07) is -0.144. The fourth-order valence-corrected chi connectivity index (χ4v) is 2.35. The number of nitrogens with zero attached hydrogens (tertiary/aromatic N) is 3. The summed E-state index contributed by atoms with van der Waals surface area (Å²) < 4.78 is 15.4. The second kappa shape index (κ2) is 7.35. The highest BCUT2D eigenvalue weighted by molar-refractivity contribution is 5.78. The van der Waals surface area contributed by atoms with E-state index in [1.807, 2.05) is 6.92 Å². The maximum atomic E-state index is 12.2. The Morgan fingerprint density at radius 3 is 3.10 bits per heavy atom. The first-order valence-corrected chi connectivity index (χ1v) is 6.95. The molecule has 0 bridgehead atoms. The molecule has 1 aliphatic heterocycles. The van der Waals surface area contributed by atoms with Gasteiger partial charge in [-0.05, 0) is 26.2 Å². The van der Waals surface area contributed by atoms with Gasteiger partial charge < -0.3 is 18.9 Å². The van der Waals surface area contributed by atoms with Crippen molar-refractivity contribution < 1.29 is 18.8 Å². The minimum Gasteiger partial charge on any atom is -0.377 e. The predicted molar refractivity (Wildman–Crippen MR) is 69.8 cm³/mol. The van der Waals surface area contributed by atoms with Gasteiger partial charge in [-0.2, -0.15) is 4.98 Å². The van der Waals surface area contributed by atoms with Gasteiger partial charge in [0.15, 0.2) is 5.82 Å². The molecule has 0 spiro atoms. The molecule has 2 heterocycles. The number of hydrogen-bond donors (Lipinski definition) is 0. The first-order valence-electron chi connectivity index (χ1n) is 6.95. The van der Waals surface area contributed by atoms with Crippen LogP contribution < -0.4 is 0 Å². The van der Waals surface area contributed by atoms with Crippen molar-refractivity contribution in [2.24, 2.45) is 0 Å². The van der Waals surface area contributed by atoms with Gasteiger partial charge in [0.2, 0.25) is 11.8 Å². The van der Waals surface area contributed by atoms with Crippen molar-refractivity contribution in [1.29, 1.82) is 0 Å². The second-order valence-electron chi connectivity index (χ2n) is 4.72. The Labute approximate surface area is 118 Å². The highest BCUT2D eigenvalue weighted by Gasteiger charge is 2.31. The van der Waals surface area contributed by atoms with Crippen molar-refractivity contribution in [2.75, 3.05) is 26.9 Å². The van der Waals surface area contributed by atoms with Crippen LogP contribution in [0.25, 0.3) is 0 Å². The molecule has 1 amide bonds. The van der Waals surface area contributed by atoms with Crippen LogP contribution in [-0.2, 0) is 20.9 Å². The largest absolute Gasteiger partial charge is 0.377 e. The molecule has 2 rings (SSSR count). The van der Waals surface area contributed by atoms with Crippen LogP contribution in [0.3, 0.4) is 0 Å². The number of amides is 1. The fourth-order valence-electron chi connectivity index (χ4n) is 2.35. The summed E-state index contributed by atoms with van der Waals surface area (Å²) >= 11 is 0. The van der Waals surface area contributed by atoms with Crippen molar-refractivity contribution in [2.45, 2.75) is 38.8 Å². The molecule has 1 fully saturated rings. The van der Waals surface area contributed by atoms with E-state index in [1.54, 1.807) is 12.0 Å². The van der Waals surface area contributed by atoms with E-state index in [-0.39, 0.29) is 18.6 Å². The van der Waals surface area contributed by atoms with Crippen molar-refractivity contribution in [1.82, 2.24) is 15.0 Å². The van der Waals surface area contributed by atoms with Gasteiger partial charge in [0.1, 0.15) is 19.3 Å². The van der Waals surface area contributed by atoms with E-state index in [9.17, 15) is 4.79 Å². The maximum Gasteiger partial charge on any atom is 0.249 e. The summed E-state index contributed by atoms with van der Waals surface area (Å²) in [6.07, 6.45) is 2.88. The van der Waals surface area contributed by atoms with E-state index in [0.29, 0.717) is 31.5 Å². The molecule has 1 aromatic rings. The molecule has 20 heavy (non-hydrogen) atoms. The van der Waals surface area contributed by atoms with E-state index < -0.39 is 0 Å². The molecule has 0 unspecified atom stereocenters. The smallest absolute Gasteiger partial charge is 0.249 e. The third-order valence-corrected chi connectivity index (χ3v) is 3.30. The van der Waals surface area contributed by atoms with Gasteiger partial charge in [0.05, 0.1) is 0 Å². The molecule has 7 heteroatoms. The molecule has 7 nitrogen and oxygen atoms in total. The summed E-state index contributed by atoms with van der Waals surface area (Å²) in [7, 11) is 1.58. The molecule has 1 aliphatic rings. The molecular weight excluding hydrogens is 262 g/mol. The van der Waals surface area contributed by atoms with Crippen LogP contribution in [0.1, 0.15) is 43.9 Å². The average Bonchev–Trinajstić information content (AvgIpc) is 2.93. The summed E-state index contributed by atoms with van der Waals surface area (Å²) in [5.41, 5.74) is 0.